The SMILES string of the molecule is O=C(O)c1cc(Nc2ccc(F)cc2)nnc1Cl. The van der Waals surface area contributed by atoms with Gasteiger partial charge in [-0.1, -0.05) is 11.6 Å². The summed E-state index contributed by atoms with van der Waals surface area (Å²) in [5.41, 5.74) is 0.403. The lowest BCUT2D eigenvalue weighted by atomic mass is 10.3. The summed E-state index contributed by atoms with van der Waals surface area (Å²) in [6.07, 6.45) is 0. The van der Waals surface area contributed by atoms with Gasteiger partial charge in [0.15, 0.2) is 11.0 Å². The molecule has 18 heavy (non-hydrogen) atoms. The molecule has 0 unspecified atom stereocenters. The molecule has 0 aliphatic carbocycles. The van der Waals surface area contributed by atoms with Crippen LogP contribution in [0, 0.1) is 5.82 Å². The number of benzene rings is 1. The van der Waals surface area contributed by atoms with Crippen LogP contribution in [0.4, 0.5) is 15.9 Å². The summed E-state index contributed by atoms with van der Waals surface area (Å²) in [6, 6.07) is 6.77. The van der Waals surface area contributed by atoms with Gasteiger partial charge >= 0.3 is 5.97 Å². The smallest absolute Gasteiger partial charge is 0.339 e. The molecule has 0 aliphatic rings. The van der Waals surface area contributed by atoms with Crippen molar-refractivity contribution in [3.05, 3.63) is 46.9 Å². The topological polar surface area (TPSA) is 75.1 Å². The van der Waals surface area contributed by atoms with E-state index in [0.29, 0.717) is 5.69 Å². The molecule has 0 saturated carbocycles. The fourth-order valence-electron chi connectivity index (χ4n) is 1.27. The van der Waals surface area contributed by atoms with Crippen molar-refractivity contribution < 1.29 is 14.3 Å². The molecule has 1 aromatic heterocycles. The van der Waals surface area contributed by atoms with Crippen molar-refractivity contribution in [2.45, 2.75) is 0 Å². The lowest BCUT2D eigenvalue weighted by Gasteiger charge is -2.05. The van der Waals surface area contributed by atoms with E-state index in [-0.39, 0.29) is 22.4 Å². The van der Waals surface area contributed by atoms with Crippen LogP contribution >= 0.6 is 11.6 Å². The maximum atomic E-state index is 12.7. The average molecular weight is 268 g/mol. The Kier molecular flexibility index (Phi) is 3.38. The van der Waals surface area contributed by atoms with Gasteiger partial charge in [0.05, 0.1) is 0 Å². The zero-order valence-electron chi connectivity index (χ0n) is 8.89. The third kappa shape index (κ3) is 2.72. The van der Waals surface area contributed by atoms with Gasteiger partial charge in [-0.2, -0.15) is 0 Å². The highest BCUT2D eigenvalue weighted by molar-refractivity contribution is 6.32. The fourth-order valence-corrected chi connectivity index (χ4v) is 1.44. The maximum Gasteiger partial charge on any atom is 0.339 e. The number of carboxylic acid groups (broad SMARTS) is 1. The quantitative estimate of drug-likeness (QED) is 0.894. The van der Waals surface area contributed by atoms with Crippen molar-refractivity contribution in [1.82, 2.24) is 10.2 Å². The van der Waals surface area contributed by atoms with E-state index in [0.717, 1.165) is 0 Å². The minimum absolute atomic E-state index is 0.156. The normalized spacial score (nSPS) is 10.1. The summed E-state index contributed by atoms with van der Waals surface area (Å²) in [6.45, 7) is 0. The Bertz CT molecular complexity index is 589. The second-order valence-corrected chi connectivity index (χ2v) is 3.73. The number of carbonyl (C=O) groups is 1. The predicted octanol–water partition coefficient (Wildman–Crippen LogP) is 2.71. The van der Waals surface area contributed by atoms with Gasteiger partial charge in [0, 0.05) is 11.8 Å². The monoisotopic (exact) mass is 267 g/mol. The molecule has 2 aromatic rings. The molecule has 0 bridgehead atoms. The van der Waals surface area contributed by atoms with Crippen LogP contribution in [-0.4, -0.2) is 21.3 Å². The van der Waals surface area contributed by atoms with Crippen LogP contribution in [0.15, 0.2) is 30.3 Å². The number of nitrogens with one attached hydrogen (secondary N) is 1. The van der Waals surface area contributed by atoms with Gasteiger partial charge in [-0.05, 0) is 24.3 Å². The molecule has 2 N–H and O–H groups in total. The number of aromatic carboxylic acids is 1. The number of aromatic nitrogens is 2. The second kappa shape index (κ2) is 4.97. The first-order chi connectivity index (χ1) is 8.56. The second-order valence-electron chi connectivity index (χ2n) is 3.37. The van der Waals surface area contributed by atoms with Crippen LogP contribution in [0.25, 0.3) is 0 Å². The summed E-state index contributed by atoms with van der Waals surface area (Å²) >= 11 is 5.58. The number of halogens is 2. The molecule has 92 valence electrons. The number of carboxylic acids is 1. The standard InChI is InChI=1S/C11H7ClFN3O2/c12-10-8(11(17)18)5-9(15-16-10)14-7-3-1-6(13)2-4-7/h1-5H,(H,14,15)(H,17,18). The molecular formula is C11H7ClFN3O2. The first kappa shape index (κ1) is 12.3. The molecule has 7 heteroatoms. The van der Waals surface area contributed by atoms with Crippen LogP contribution in [0.1, 0.15) is 10.4 Å². The van der Waals surface area contributed by atoms with Crippen LogP contribution in [0.5, 0.6) is 0 Å². The van der Waals surface area contributed by atoms with E-state index in [1.54, 1.807) is 0 Å². The van der Waals surface area contributed by atoms with Crippen molar-refractivity contribution in [1.29, 1.82) is 0 Å². The van der Waals surface area contributed by atoms with Crippen molar-refractivity contribution in [2.24, 2.45) is 0 Å². The molecule has 0 atom stereocenters. The lowest BCUT2D eigenvalue weighted by molar-refractivity contribution is 0.0696. The zero-order chi connectivity index (χ0) is 13.1. The minimum atomic E-state index is -1.20. The predicted molar refractivity (Wildman–Crippen MR) is 63.7 cm³/mol. The van der Waals surface area contributed by atoms with Crippen LogP contribution in [0.2, 0.25) is 5.15 Å². The maximum absolute atomic E-state index is 12.7. The highest BCUT2D eigenvalue weighted by Gasteiger charge is 2.12. The Balaban J connectivity index is 2.27. The van der Waals surface area contributed by atoms with E-state index in [2.05, 4.69) is 15.5 Å². The minimum Gasteiger partial charge on any atom is -0.478 e. The third-order valence-corrected chi connectivity index (χ3v) is 2.38. The molecule has 0 fully saturated rings. The Morgan fingerprint density at radius 1 is 1.28 bits per heavy atom. The molecule has 0 amide bonds. The number of hydrogen-bond donors (Lipinski definition) is 2. The molecule has 1 heterocycles. The number of anilines is 2. The van der Waals surface area contributed by atoms with Crippen molar-refractivity contribution in [3.8, 4) is 0 Å². The molecule has 1 aromatic carbocycles. The highest BCUT2D eigenvalue weighted by Crippen LogP contribution is 2.19. The van der Waals surface area contributed by atoms with Gasteiger partial charge in [0.1, 0.15) is 11.4 Å². The van der Waals surface area contributed by atoms with Crippen LogP contribution in [-0.2, 0) is 0 Å². The van der Waals surface area contributed by atoms with Gasteiger partial charge in [0.25, 0.3) is 0 Å². The van der Waals surface area contributed by atoms with Crippen LogP contribution in [0.3, 0.4) is 0 Å². The van der Waals surface area contributed by atoms with Gasteiger partial charge in [0.2, 0.25) is 0 Å². The van der Waals surface area contributed by atoms with E-state index in [1.165, 1.54) is 30.3 Å². The van der Waals surface area contributed by atoms with Gasteiger partial charge in [-0.3, -0.25) is 0 Å². The van der Waals surface area contributed by atoms with E-state index in [4.69, 9.17) is 16.7 Å². The summed E-state index contributed by atoms with van der Waals surface area (Å²) < 4.78 is 12.7. The summed E-state index contributed by atoms with van der Waals surface area (Å²) in [5, 5.41) is 18.7. The molecule has 0 aliphatic heterocycles. The van der Waals surface area contributed by atoms with Crippen molar-refractivity contribution in [3.63, 3.8) is 0 Å². The number of nitrogens with zero attached hydrogens (tertiary/aromatic N) is 2. The summed E-state index contributed by atoms with van der Waals surface area (Å²) in [4.78, 5) is 10.8. The summed E-state index contributed by atoms with van der Waals surface area (Å²) in [5.74, 6) is -1.35. The zero-order valence-corrected chi connectivity index (χ0v) is 9.65. The third-order valence-electron chi connectivity index (χ3n) is 2.10. The van der Waals surface area contributed by atoms with E-state index < -0.39 is 5.97 Å². The molecule has 0 saturated heterocycles. The Hall–Kier alpha value is -2.21. The average Bonchev–Trinajstić information content (AvgIpc) is 2.34. The van der Waals surface area contributed by atoms with Crippen LogP contribution < -0.4 is 5.32 Å². The highest BCUT2D eigenvalue weighted by atomic mass is 35.5. The number of rotatable bonds is 3. The first-order valence-electron chi connectivity index (χ1n) is 4.85. The summed E-state index contributed by atoms with van der Waals surface area (Å²) in [7, 11) is 0. The number of hydrogen-bond acceptors (Lipinski definition) is 4. The molecule has 0 radical (unpaired) electrons. The van der Waals surface area contributed by atoms with Gasteiger partial charge < -0.3 is 10.4 Å². The molecule has 0 spiro atoms. The van der Waals surface area contributed by atoms with E-state index in [9.17, 15) is 9.18 Å². The van der Waals surface area contributed by atoms with E-state index in [1.807, 2.05) is 0 Å². The largest absolute Gasteiger partial charge is 0.478 e. The molecule has 2 rings (SSSR count). The van der Waals surface area contributed by atoms with Crippen molar-refractivity contribution >= 4 is 29.1 Å². The first-order valence-corrected chi connectivity index (χ1v) is 5.23. The van der Waals surface area contributed by atoms with Crippen molar-refractivity contribution in [2.75, 3.05) is 5.32 Å². The Morgan fingerprint density at radius 2 is 1.94 bits per heavy atom. The fraction of sp³-hybridized carbons (Fsp3) is 0. The van der Waals surface area contributed by atoms with Gasteiger partial charge in [-0.15, -0.1) is 10.2 Å². The Morgan fingerprint density at radius 3 is 2.56 bits per heavy atom. The van der Waals surface area contributed by atoms with Gasteiger partial charge in [-0.25, -0.2) is 9.18 Å². The van der Waals surface area contributed by atoms with E-state index >= 15 is 0 Å². The lowest BCUT2D eigenvalue weighted by Crippen LogP contribution is -2.03. The molecule has 5 nitrogen and oxygen atoms in total. The Labute approximate surface area is 106 Å². The molecular weight excluding hydrogens is 261 g/mol.